The first-order valence-electron chi connectivity index (χ1n) is 5.88. The van der Waals surface area contributed by atoms with Gasteiger partial charge in [-0.15, -0.1) is 0 Å². The smallest absolute Gasteiger partial charge is 0.408 e. The highest BCUT2D eigenvalue weighted by Crippen LogP contribution is 2.18. The summed E-state index contributed by atoms with van der Waals surface area (Å²) in [6.07, 6.45) is 0.784. The summed E-state index contributed by atoms with van der Waals surface area (Å²) in [6.45, 7) is 5.89. The van der Waals surface area contributed by atoms with Crippen LogP contribution in [-0.4, -0.2) is 10.6 Å². The van der Waals surface area contributed by atoms with E-state index < -0.39 is 0 Å². The lowest BCUT2D eigenvalue weighted by Gasteiger charge is -2.07. The van der Waals surface area contributed by atoms with Crippen LogP contribution in [0.3, 0.4) is 0 Å². The number of aromatic nitrogens is 1. The first kappa shape index (κ1) is 11.9. The molecule has 0 saturated carbocycles. The van der Waals surface area contributed by atoms with Crippen LogP contribution in [0.15, 0.2) is 27.4 Å². The van der Waals surface area contributed by atoms with Crippen LogP contribution in [-0.2, 0) is 6.42 Å². The molecule has 0 radical (unpaired) electrons. The van der Waals surface area contributed by atoms with Crippen molar-refractivity contribution in [2.24, 2.45) is 5.73 Å². The molecule has 2 N–H and O–H groups in total. The number of fused-ring (bicyclic) bond motifs is 1. The van der Waals surface area contributed by atoms with E-state index in [1.165, 1.54) is 0 Å². The maximum Gasteiger partial charge on any atom is 0.420 e. The maximum atomic E-state index is 11.7. The van der Waals surface area contributed by atoms with Gasteiger partial charge in [0.1, 0.15) is 0 Å². The van der Waals surface area contributed by atoms with Crippen LogP contribution in [0.4, 0.5) is 0 Å². The van der Waals surface area contributed by atoms with Crippen molar-refractivity contribution < 1.29 is 4.42 Å². The molecule has 0 bridgehead atoms. The summed E-state index contributed by atoms with van der Waals surface area (Å²) in [5, 5.41) is 0. The highest BCUT2D eigenvalue weighted by molar-refractivity contribution is 5.73. The minimum absolute atomic E-state index is 0.100. The number of nitrogens with two attached hydrogens (primary N) is 1. The van der Waals surface area contributed by atoms with Crippen molar-refractivity contribution >= 4 is 11.1 Å². The Kier molecular flexibility index (Phi) is 3.07. The third kappa shape index (κ3) is 2.26. The highest BCUT2D eigenvalue weighted by atomic mass is 16.4. The van der Waals surface area contributed by atoms with Crippen LogP contribution < -0.4 is 11.5 Å². The van der Waals surface area contributed by atoms with Gasteiger partial charge in [-0.05, 0) is 44.9 Å². The standard InChI is InChI=1S/C13H18N2O2/c1-8(2)15-11-5-4-10(6-9(3)14)7-12(11)17-13(15)16/h4-5,7-9H,6,14H2,1-3H3. The van der Waals surface area contributed by atoms with Gasteiger partial charge in [0, 0.05) is 12.1 Å². The zero-order valence-corrected chi connectivity index (χ0v) is 10.4. The molecule has 1 aromatic heterocycles. The van der Waals surface area contributed by atoms with E-state index in [1.807, 2.05) is 39.0 Å². The summed E-state index contributed by atoms with van der Waals surface area (Å²) < 4.78 is 6.91. The van der Waals surface area contributed by atoms with Crippen molar-refractivity contribution in [3.63, 3.8) is 0 Å². The third-order valence-corrected chi connectivity index (χ3v) is 2.75. The van der Waals surface area contributed by atoms with Gasteiger partial charge in [0.25, 0.3) is 0 Å². The maximum absolute atomic E-state index is 11.7. The largest absolute Gasteiger partial charge is 0.420 e. The van der Waals surface area contributed by atoms with Crippen molar-refractivity contribution in [1.29, 1.82) is 0 Å². The normalized spacial score (nSPS) is 13.5. The Morgan fingerprint density at radius 3 is 2.65 bits per heavy atom. The van der Waals surface area contributed by atoms with Crippen LogP contribution in [0, 0.1) is 0 Å². The van der Waals surface area contributed by atoms with Crippen molar-refractivity contribution in [3.8, 4) is 0 Å². The molecular formula is C13H18N2O2. The second-order valence-electron chi connectivity index (χ2n) is 4.82. The Balaban J connectivity index is 2.54. The summed E-state index contributed by atoms with van der Waals surface area (Å²) in [4.78, 5) is 11.7. The molecule has 0 aliphatic rings. The molecule has 92 valence electrons. The van der Waals surface area contributed by atoms with Gasteiger partial charge in [0.15, 0.2) is 5.58 Å². The molecule has 4 nitrogen and oxygen atoms in total. The van der Waals surface area contributed by atoms with Crippen LogP contribution in [0.2, 0.25) is 0 Å². The average Bonchev–Trinajstić information content (AvgIpc) is 2.51. The summed E-state index contributed by atoms with van der Waals surface area (Å²) in [7, 11) is 0. The summed E-state index contributed by atoms with van der Waals surface area (Å²) in [5.74, 6) is -0.298. The molecule has 0 aliphatic heterocycles. The summed E-state index contributed by atoms with van der Waals surface area (Å²) in [5.41, 5.74) is 8.34. The molecule has 0 fully saturated rings. The number of hydrogen-bond donors (Lipinski definition) is 1. The molecule has 0 amide bonds. The van der Waals surface area contributed by atoms with Gasteiger partial charge < -0.3 is 10.2 Å². The van der Waals surface area contributed by atoms with Gasteiger partial charge in [-0.2, -0.15) is 0 Å². The van der Waals surface area contributed by atoms with Gasteiger partial charge in [0.05, 0.1) is 5.52 Å². The summed E-state index contributed by atoms with van der Waals surface area (Å²) >= 11 is 0. The van der Waals surface area contributed by atoms with E-state index in [1.54, 1.807) is 4.57 Å². The minimum atomic E-state index is -0.298. The molecule has 0 spiro atoms. The first-order valence-corrected chi connectivity index (χ1v) is 5.88. The number of oxazole rings is 1. The monoisotopic (exact) mass is 234 g/mol. The SMILES string of the molecule is CC(N)Cc1ccc2c(c1)oc(=O)n2C(C)C. The highest BCUT2D eigenvalue weighted by Gasteiger charge is 2.12. The van der Waals surface area contributed by atoms with Crippen LogP contribution in [0.25, 0.3) is 11.1 Å². The lowest BCUT2D eigenvalue weighted by molar-refractivity contribution is 0.478. The van der Waals surface area contributed by atoms with Crippen molar-refractivity contribution in [2.45, 2.75) is 39.3 Å². The fourth-order valence-electron chi connectivity index (χ4n) is 2.07. The number of hydrogen-bond acceptors (Lipinski definition) is 3. The van der Waals surface area contributed by atoms with Crippen molar-refractivity contribution in [2.75, 3.05) is 0 Å². The van der Waals surface area contributed by atoms with Gasteiger partial charge in [-0.25, -0.2) is 4.79 Å². The topological polar surface area (TPSA) is 61.2 Å². The first-order chi connectivity index (χ1) is 7.99. The van der Waals surface area contributed by atoms with Gasteiger partial charge in [0.2, 0.25) is 0 Å². The van der Waals surface area contributed by atoms with Crippen LogP contribution in [0.5, 0.6) is 0 Å². The minimum Gasteiger partial charge on any atom is -0.408 e. The van der Waals surface area contributed by atoms with E-state index >= 15 is 0 Å². The van der Waals surface area contributed by atoms with E-state index in [4.69, 9.17) is 10.2 Å². The molecule has 1 atom stereocenters. The number of rotatable bonds is 3. The third-order valence-electron chi connectivity index (χ3n) is 2.75. The lowest BCUT2D eigenvalue weighted by Crippen LogP contribution is -2.17. The lowest BCUT2D eigenvalue weighted by atomic mass is 10.1. The Bertz CT molecular complexity index is 579. The van der Waals surface area contributed by atoms with Gasteiger partial charge in [-0.1, -0.05) is 6.07 Å². The fraction of sp³-hybridized carbons (Fsp3) is 0.462. The van der Waals surface area contributed by atoms with E-state index in [0.717, 1.165) is 17.5 Å². The molecule has 2 rings (SSSR count). The number of nitrogens with zero attached hydrogens (tertiary/aromatic N) is 1. The van der Waals surface area contributed by atoms with Gasteiger partial charge >= 0.3 is 5.76 Å². The van der Waals surface area contributed by atoms with Crippen molar-refractivity contribution in [1.82, 2.24) is 4.57 Å². The predicted molar refractivity (Wildman–Crippen MR) is 68.2 cm³/mol. The Hall–Kier alpha value is -1.55. The van der Waals surface area contributed by atoms with E-state index in [0.29, 0.717) is 5.58 Å². The van der Waals surface area contributed by atoms with E-state index in [-0.39, 0.29) is 17.8 Å². The summed E-state index contributed by atoms with van der Waals surface area (Å²) in [6, 6.07) is 6.03. The fourth-order valence-corrected chi connectivity index (χ4v) is 2.07. The molecule has 1 unspecified atom stereocenters. The van der Waals surface area contributed by atoms with Crippen molar-refractivity contribution in [3.05, 3.63) is 34.3 Å². The molecule has 4 heteroatoms. The Morgan fingerprint density at radius 2 is 2.06 bits per heavy atom. The quantitative estimate of drug-likeness (QED) is 0.884. The van der Waals surface area contributed by atoms with E-state index in [9.17, 15) is 4.79 Å². The van der Waals surface area contributed by atoms with Gasteiger partial charge in [-0.3, -0.25) is 4.57 Å². The number of benzene rings is 1. The molecule has 17 heavy (non-hydrogen) atoms. The Labute approximate surface area is 100 Å². The average molecular weight is 234 g/mol. The zero-order chi connectivity index (χ0) is 12.6. The van der Waals surface area contributed by atoms with Crippen LogP contribution >= 0.6 is 0 Å². The zero-order valence-electron chi connectivity index (χ0n) is 10.4. The molecule has 0 aliphatic carbocycles. The molecule has 1 aromatic carbocycles. The Morgan fingerprint density at radius 1 is 1.35 bits per heavy atom. The molecule has 1 heterocycles. The second kappa shape index (κ2) is 4.37. The molecule has 2 aromatic rings. The molecular weight excluding hydrogens is 216 g/mol. The molecule has 0 saturated heterocycles. The predicted octanol–water partition coefficient (Wildman–Crippen LogP) is 2.07. The van der Waals surface area contributed by atoms with Crippen LogP contribution in [0.1, 0.15) is 32.4 Å². The van der Waals surface area contributed by atoms with E-state index in [2.05, 4.69) is 0 Å². The second-order valence-corrected chi connectivity index (χ2v) is 4.82.